The van der Waals surface area contributed by atoms with Crippen LogP contribution >= 0.6 is 34.8 Å². The molecule has 2 saturated heterocycles. The average Bonchev–Trinajstić information content (AvgIpc) is 0.764. The van der Waals surface area contributed by atoms with Crippen molar-refractivity contribution in [3.05, 3.63) is 176 Å². The van der Waals surface area contributed by atoms with Crippen LogP contribution in [0.5, 0.6) is 46.0 Å². The lowest BCUT2D eigenvalue weighted by Crippen LogP contribution is -2.65. The number of phenolic OH excluding ortho intramolecular Hbond substituents is 3. The molecule has 0 spiro atoms. The number of primary amides is 1. The third-order valence-electron chi connectivity index (χ3n) is 20.6. The topological polar surface area (TPSA) is 523 Å². The van der Waals surface area contributed by atoms with Gasteiger partial charge in [-0.05, 0) is 139 Å². The molecule has 11 bridgehead atoms. The molecule has 7 aliphatic rings. The molecule has 14 rings (SSSR count). The minimum Gasteiger partial charge on any atom is -0.508 e. The Labute approximate surface area is 671 Å². The number of aliphatic carboxylic acids is 1. The van der Waals surface area contributed by atoms with Gasteiger partial charge >= 0.3 is 5.97 Å². The summed E-state index contributed by atoms with van der Waals surface area (Å²) in [6.45, 7) is 6.21. The Morgan fingerprint density at radius 3 is 1.91 bits per heavy atom. The summed E-state index contributed by atoms with van der Waals surface area (Å²) in [6, 6.07) is 15.3. The number of fused-ring (bicyclic) bond motifs is 15. The Morgan fingerprint density at radius 2 is 1.31 bits per heavy atom. The zero-order valence-electron chi connectivity index (χ0n) is 62.0. The number of carbonyl (C=O) groups excluding carboxylic acids is 6. The van der Waals surface area contributed by atoms with Crippen LogP contribution in [0.3, 0.4) is 0 Å². The number of carboxylic acid groups (broad SMARTS) is 1. The number of nitrogens with two attached hydrogens (primary N) is 1. The van der Waals surface area contributed by atoms with Crippen molar-refractivity contribution in [2.45, 2.75) is 163 Å². The van der Waals surface area contributed by atoms with Gasteiger partial charge in [0.25, 0.3) is 0 Å². The van der Waals surface area contributed by atoms with Crippen LogP contribution < -0.4 is 62.5 Å². The number of nitrogens with one attached hydrogen (secondary N) is 9. The number of halogens is 3. The summed E-state index contributed by atoms with van der Waals surface area (Å²) in [6.07, 6.45) is -18.4. The molecule has 0 saturated carbocycles. The van der Waals surface area contributed by atoms with Crippen LogP contribution in [0, 0.1) is 11.3 Å². The van der Waals surface area contributed by atoms with Gasteiger partial charge in [0.1, 0.15) is 95.3 Å². The van der Waals surface area contributed by atoms with Crippen molar-refractivity contribution in [3.63, 3.8) is 0 Å². The highest BCUT2D eigenvalue weighted by molar-refractivity contribution is 6.32. The van der Waals surface area contributed by atoms with Crippen molar-refractivity contribution in [1.82, 2.24) is 42.5 Å². The van der Waals surface area contributed by atoms with Crippen molar-refractivity contribution >= 4 is 82.1 Å². The number of hydrogen-bond donors (Lipinski definition) is 20. The van der Waals surface area contributed by atoms with Gasteiger partial charge in [-0.15, -0.1) is 0 Å². The SMILES string of the molecule is CN[C@H](CC(C)C)C(=O)N[C@H]1C(=O)N[C@@H](CC(N)=O)C(=O)N[C@H]2C(=N)N[C@H]3C(=O)N[C@H](C(=O)N[C@H](C(=O)O)c4cc(O)cc(O)c4-c4cc3ccc4O)[C@H](O)c3ccc(c(Cl)c3)Oc3cc2cc(c3O[C@@H]2OC(CO)C(O)[C@H](O)[C@H]2O[C@H]2CC(C)(NCc3ccc(-c4ccc(Cl)cc4)cc3)[C@H](O)[C@H](C)O2)Oc2ccc(cc2Cl)[C@H]1O. The summed E-state index contributed by atoms with van der Waals surface area (Å²) < 4.78 is 39.6. The first-order chi connectivity index (χ1) is 54.6. The Balaban J connectivity index is 1.04. The normalized spacial score (nSPS) is 27.2. The molecule has 7 aromatic carbocycles. The van der Waals surface area contributed by atoms with Gasteiger partial charge in [-0.3, -0.25) is 34.2 Å². The van der Waals surface area contributed by atoms with E-state index in [1.54, 1.807) is 26.0 Å². The number of ether oxygens (including phenoxy) is 6. The second kappa shape index (κ2) is 34.9. The summed E-state index contributed by atoms with van der Waals surface area (Å²) in [5.74, 6) is -15.0. The minimum absolute atomic E-state index is 0.0962. The van der Waals surface area contributed by atoms with E-state index < -0.39 is 226 Å². The van der Waals surface area contributed by atoms with Gasteiger partial charge in [0.15, 0.2) is 29.9 Å². The molecule has 0 aromatic heterocycles. The number of benzene rings is 7. The molecule has 18 atom stereocenters. The lowest BCUT2D eigenvalue weighted by Gasteiger charge is -2.48. The number of likely N-dealkylation sites (N-methyl/N-ethyl adjacent to an activating group) is 1. The summed E-state index contributed by atoms with van der Waals surface area (Å²) >= 11 is 20.5. The fraction of sp³-hybridized carbons (Fsp3) is 0.367. The van der Waals surface area contributed by atoms with Crippen molar-refractivity contribution in [2.24, 2.45) is 11.7 Å². The van der Waals surface area contributed by atoms with E-state index >= 15 is 9.59 Å². The minimum atomic E-state index is -2.27. The summed E-state index contributed by atoms with van der Waals surface area (Å²) in [5.41, 5.74) is 4.72. The number of carbonyl (C=O) groups is 7. The summed E-state index contributed by atoms with van der Waals surface area (Å²) in [4.78, 5) is 102. The first-order valence-electron chi connectivity index (χ1n) is 36.4. The number of phenols is 3. The monoisotopic (exact) mass is 1650 g/mol. The van der Waals surface area contributed by atoms with E-state index in [1.807, 2.05) is 50.2 Å². The number of aliphatic hydroxyl groups is 6. The van der Waals surface area contributed by atoms with E-state index in [1.165, 1.54) is 25.2 Å². The van der Waals surface area contributed by atoms with Gasteiger partial charge in [0.2, 0.25) is 47.5 Å². The highest BCUT2D eigenvalue weighted by Crippen LogP contribution is 2.50. The average molecular weight is 1650 g/mol. The number of hydrogen-bond acceptors (Lipinski definition) is 25. The van der Waals surface area contributed by atoms with E-state index in [4.69, 9.17) is 69.0 Å². The highest BCUT2D eigenvalue weighted by Gasteiger charge is 2.52. The smallest absolute Gasteiger partial charge is 0.330 e. The Bertz CT molecular complexity index is 4900. The molecule has 7 heterocycles. The van der Waals surface area contributed by atoms with Crippen molar-refractivity contribution < 1.29 is 113 Å². The molecule has 36 heteroatoms. The lowest BCUT2D eigenvalue weighted by atomic mass is 9.84. The van der Waals surface area contributed by atoms with Gasteiger partial charge < -0.3 is 128 Å². The second-order valence-electron chi connectivity index (χ2n) is 29.2. The standard InChI is InChI=1S/C79H85Cl3N10O23/c1-32(2)20-47(85-5)72(103)91-62-64(98)38-13-18-51(45(81)22-38)111-53-24-40-25-54(68(53)115-78-69(67(101)66(100)55(31-93)113-78)114-57-29-79(4,70(102)33(3)110-57)86-30-34-6-8-35(9-7-34)36-10-15-41(80)16-11-36)112-52-19-14-39(23-46(52)82)65(99)63-76(107)90-61(77(108)109)44-26-42(94)27-50(96)58(44)43-21-37(12-17-49(43)95)60(74(105)92-63)88-71(84)59(40)89-73(104)48(28-56(83)97)87-75(62)106/h6-19,21-27,32-33,47-48,55,57,59-67,69-70,78,85-86,93-96,98-102H,20,28-31H2,1-5H3,(H2,83,97)(H2,84,88)(H,87,106)(H,89,104)(H,90,107)(H,91,103)(H,92,105)(H,108,109)/t33-,47+,48-,55?,57-,59+,60+,61-,62+,63-,64+,65+,66?,67-,69+,70+,78-,79?/m0/s1. The maximum absolute atomic E-state index is 15.6. The lowest BCUT2D eigenvalue weighted by molar-refractivity contribution is -0.334. The first kappa shape index (κ1) is 83.9. The Kier molecular flexibility index (Phi) is 25.5. The molecule has 610 valence electrons. The molecule has 3 unspecified atom stereocenters. The number of aromatic hydroxyl groups is 3. The van der Waals surface area contributed by atoms with E-state index in [0.29, 0.717) is 5.02 Å². The van der Waals surface area contributed by atoms with Crippen LogP contribution in [0.25, 0.3) is 22.3 Å². The Morgan fingerprint density at radius 1 is 0.687 bits per heavy atom. The summed E-state index contributed by atoms with van der Waals surface area (Å²) in [5, 5.41) is 148. The van der Waals surface area contributed by atoms with Gasteiger partial charge in [0, 0.05) is 46.3 Å². The quantitative estimate of drug-likeness (QED) is 0.0587. The maximum Gasteiger partial charge on any atom is 0.330 e. The van der Waals surface area contributed by atoms with Crippen molar-refractivity contribution in [3.8, 4) is 68.2 Å². The molecule has 6 amide bonds. The molecule has 7 aromatic rings. The van der Waals surface area contributed by atoms with Crippen LogP contribution in [0.1, 0.15) is 111 Å². The molecule has 0 radical (unpaired) electrons. The van der Waals surface area contributed by atoms with Crippen molar-refractivity contribution in [1.29, 1.82) is 5.41 Å². The van der Waals surface area contributed by atoms with E-state index in [2.05, 4.69) is 42.5 Å². The van der Waals surface area contributed by atoms with Crippen LogP contribution in [-0.4, -0.2) is 191 Å². The number of carboxylic acids is 1. The molecule has 0 aliphatic carbocycles. The molecular formula is C79H85Cl3N10O23. The van der Waals surface area contributed by atoms with Crippen LogP contribution in [-0.2, 0) is 54.3 Å². The Hall–Kier alpha value is -10.5. The predicted molar refractivity (Wildman–Crippen MR) is 412 cm³/mol. The second-order valence-corrected chi connectivity index (χ2v) is 30.5. The third kappa shape index (κ3) is 18.3. The van der Waals surface area contributed by atoms with Gasteiger partial charge in [-0.25, -0.2) is 4.79 Å². The van der Waals surface area contributed by atoms with Crippen LogP contribution in [0.15, 0.2) is 127 Å². The fourth-order valence-electron chi connectivity index (χ4n) is 14.4. The largest absolute Gasteiger partial charge is 0.508 e. The fourth-order valence-corrected chi connectivity index (χ4v) is 15.0. The molecule has 21 N–H and O–H groups in total. The first-order valence-corrected chi connectivity index (χ1v) is 37.6. The number of amidine groups is 1. The van der Waals surface area contributed by atoms with E-state index in [9.17, 15) is 80.4 Å². The number of amides is 6. The highest BCUT2D eigenvalue weighted by atomic mass is 35.5. The molecule has 2 fully saturated rings. The molecule has 33 nitrogen and oxygen atoms in total. The van der Waals surface area contributed by atoms with Crippen molar-refractivity contribution in [2.75, 3.05) is 13.7 Å². The van der Waals surface area contributed by atoms with E-state index in [-0.39, 0.29) is 64.1 Å². The van der Waals surface area contributed by atoms with Gasteiger partial charge in [-0.2, -0.15) is 0 Å². The van der Waals surface area contributed by atoms with Crippen LogP contribution in [0.4, 0.5) is 0 Å². The number of rotatable bonds is 17. The molecular weight excluding hydrogens is 1560 g/mol. The molecule has 7 aliphatic heterocycles. The third-order valence-corrected chi connectivity index (χ3v) is 21.4. The zero-order valence-corrected chi connectivity index (χ0v) is 64.3. The predicted octanol–water partition coefficient (Wildman–Crippen LogP) is 4.71. The van der Waals surface area contributed by atoms with E-state index in [0.717, 1.165) is 77.4 Å². The maximum atomic E-state index is 15.6. The van der Waals surface area contributed by atoms with Crippen LogP contribution in [0.2, 0.25) is 15.1 Å². The van der Waals surface area contributed by atoms with Gasteiger partial charge in [0.05, 0.1) is 41.3 Å². The zero-order chi connectivity index (χ0) is 82.9. The summed E-state index contributed by atoms with van der Waals surface area (Å²) in [7, 11) is 1.49. The molecule has 115 heavy (non-hydrogen) atoms. The van der Waals surface area contributed by atoms with Gasteiger partial charge in [-0.1, -0.05) is 103 Å². The number of aliphatic hydroxyl groups excluding tert-OH is 6.